The van der Waals surface area contributed by atoms with E-state index in [4.69, 9.17) is 0 Å². The van der Waals surface area contributed by atoms with Crippen LogP contribution in [-0.2, 0) is 4.79 Å². The molecule has 0 aromatic carbocycles. The third-order valence-corrected chi connectivity index (χ3v) is 3.36. The minimum Gasteiger partial charge on any atom is -0.341 e. The lowest BCUT2D eigenvalue weighted by molar-refractivity contribution is -0.137. The average molecular weight is 182 g/mol. The summed E-state index contributed by atoms with van der Waals surface area (Å²) in [7, 11) is 1.97. The maximum Gasteiger partial charge on any atom is 0.225 e. The Morgan fingerprint density at radius 2 is 2.15 bits per heavy atom. The monoisotopic (exact) mass is 182 g/mol. The van der Waals surface area contributed by atoms with Gasteiger partial charge in [-0.25, -0.2) is 0 Å². The van der Waals surface area contributed by atoms with Gasteiger partial charge in [0.05, 0.1) is 0 Å². The first-order valence-electron chi connectivity index (χ1n) is 5.27. The molecule has 0 unspecified atom stereocenters. The highest BCUT2D eigenvalue weighted by Crippen LogP contribution is 2.29. The van der Waals surface area contributed by atoms with Gasteiger partial charge in [0, 0.05) is 25.0 Å². The number of carbonyl (C=O) groups is 1. The predicted molar refractivity (Wildman–Crippen MR) is 51.4 cm³/mol. The molecule has 1 amide bonds. The molecule has 2 fully saturated rings. The van der Waals surface area contributed by atoms with Gasteiger partial charge in [-0.05, 0) is 26.3 Å². The molecule has 1 N–H and O–H groups in total. The normalized spacial score (nSPS) is 29.0. The maximum atomic E-state index is 11.8. The summed E-state index contributed by atoms with van der Waals surface area (Å²) in [5, 5.41) is 3.23. The molecule has 1 aliphatic heterocycles. The summed E-state index contributed by atoms with van der Waals surface area (Å²) in [6.07, 6.45) is 4.62. The van der Waals surface area contributed by atoms with Gasteiger partial charge in [-0.3, -0.25) is 4.79 Å². The van der Waals surface area contributed by atoms with Crippen LogP contribution in [0.4, 0.5) is 0 Å². The van der Waals surface area contributed by atoms with Gasteiger partial charge < -0.3 is 10.2 Å². The number of rotatable bonds is 2. The van der Waals surface area contributed by atoms with Crippen LogP contribution in [0.25, 0.3) is 0 Å². The van der Waals surface area contributed by atoms with E-state index in [2.05, 4.69) is 5.32 Å². The van der Waals surface area contributed by atoms with Gasteiger partial charge in [0.2, 0.25) is 5.91 Å². The summed E-state index contributed by atoms with van der Waals surface area (Å²) < 4.78 is 0. The molecular weight excluding hydrogens is 164 g/mol. The first-order valence-corrected chi connectivity index (χ1v) is 5.27. The van der Waals surface area contributed by atoms with Crippen molar-refractivity contribution >= 4 is 5.91 Å². The lowest BCUT2D eigenvalue weighted by Gasteiger charge is -2.29. The van der Waals surface area contributed by atoms with Crippen LogP contribution in [-0.4, -0.2) is 37.0 Å². The zero-order valence-corrected chi connectivity index (χ0v) is 8.25. The highest BCUT2D eigenvalue weighted by molar-refractivity contribution is 5.79. The highest BCUT2D eigenvalue weighted by atomic mass is 16.2. The Morgan fingerprint density at radius 1 is 1.38 bits per heavy atom. The molecule has 1 saturated carbocycles. The van der Waals surface area contributed by atoms with Crippen molar-refractivity contribution in [1.82, 2.24) is 10.2 Å². The Morgan fingerprint density at radius 3 is 2.62 bits per heavy atom. The Balaban J connectivity index is 1.84. The molecule has 74 valence electrons. The summed E-state index contributed by atoms with van der Waals surface area (Å²) in [5.74, 6) is 0.777. The molecule has 1 atom stereocenters. The van der Waals surface area contributed by atoms with E-state index in [1.54, 1.807) is 0 Å². The van der Waals surface area contributed by atoms with Crippen molar-refractivity contribution in [2.24, 2.45) is 5.92 Å². The Hall–Kier alpha value is -0.570. The predicted octanol–water partition coefficient (Wildman–Crippen LogP) is 0.607. The summed E-state index contributed by atoms with van der Waals surface area (Å²) in [6.45, 7) is 1.88. The topological polar surface area (TPSA) is 32.3 Å². The minimum atomic E-state index is 0.371. The van der Waals surface area contributed by atoms with Gasteiger partial charge >= 0.3 is 0 Å². The molecule has 0 radical (unpaired) electrons. The Bertz CT molecular complexity index is 201. The van der Waals surface area contributed by atoms with Crippen molar-refractivity contribution in [2.75, 3.05) is 20.1 Å². The van der Waals surface area contributed by atoms with Crippen LogP contribution in [0.2, 0.25) is 0 Å². The second kappa shape index (κ2) is 3.66. The first kappa shape index (κ1) is 9.00. The molecule has 1 saturated heterocycles. The van der Waals surface area contributed by atoms with Gasteiger partial charge in [-0.15, -0.1) is 0 Å². The molecule has 2 rings (SSSR count). The van der Waals surface area contributed by atoms with E-state index in [1.165, 1.54) is 6.42 Å². The fourth-order valence-corrected chi connectivity index (χ4v) is 2.11. The molecule has 0 spiro atoms. The summed E-state index contributed by atoms with van der Waals surface area (Å²) in [6, 6.07) is 0.532. The standard InChI is InChI=1S/C10H18N2O/c1-11-9-5-6-12(7-9)10(13)8-3-2-4-8/h8-9,11H,2-7H2,1H3/t9-/m1/s1. The van der Waals surface area contributed by atoms with Crippen LogP contribution < -0.4 is 5.32 Å². The molecule has 1 heterocycles. The van der Waals surface area contributed by atoms with Gasteiger partial charge in [0.15, 0.2) is 0 Å². The van der Waals surface area contributed by atoms with Gasteiger partial charge in [0.25, 0.3) is 0 Å². The average Bonchev–Trinajstić information content (AvgIpc) is 2.48. The van der Waals surface area contributed by atoms with E-state index < -0.39 is 0 Å². The van der Waals surface area contributed by atoms with E-state index in [0.717, 1.165) is 32.4 Å². The second-order valence-corrected chi connectivity index (χ2v) is 4.19. The van der Waals surface area contributed by atoms with Crippen LogP contribution in [0, 0.1) is 5.92 Å². The summed E-state index contributed by atoms with van der Waals surface area (Å²) in [5.41, 5.74) is 0. The number of hydrogen-bond donors (Lipinski definition) is 1. The fourth-order valence-electron chi connectivity index (χ4n) is 2.11. The van der Waals surface area contributed by atoms with E-state index in [-0.39, 0.29) is 0 Å². The molecule has 3 nitrogen and oxygen atoms in total. The minimum absolute atomic E-state index is 0.371. The molecule has 2 aliphatic rings. The smallest absolute Gasteiger partial charge is 0.225 e. The number of nitrogens with one attached hydrogen (secondary N) is 1. The van der Waals surface area contributed by atoms with E-state index in [0.29, 0.717) is 17.9 Å². The van der Waals surface area contributed by atoms with Crippen molar-refractivity contribution in [3.63, 3.8) is 0 Å². The fraction of sp³-hybridized carbons (Fsp3) is 0.900. The van der Waals surface area contributed by atoms with Crippen LogP contribution >= 0.6 is 0 Å². The van der Waals surface area contributed by atoms with E-state index in [9.17, 15) is 4.79 Å². The number of likely N-dealkylation sites (N-methyl/N-ethyl adjacent to an activating group) is 1. The van der Waals surface area contributed by atoms with Gasteiger partial charge in [-0.2, -0.15) is 0 Å². The highest BCUT2D eigenvalue weighted by Gasteiger charge is 2.32. The number of hydrogen-bond acceptors (Lipinski definition) is 2. The zero-order valence-electron chi connectivity index (χ0n) is 8.25. The van der Waals surface area contributed by atoms with Crippen LogP contribution in [0.3, 0.4) is 0 Å². The molecule has 1 aliphatic carbocycles. The van der Waals surface area contributed by atoms with Crippen LogP contribution in [0.1, 0.15) is 25.7 Å². The van der Waals surface area contributed by atoms with Crippen molar-refractivity contribution in [3.05, 3.63) is 0 Å². The SMILES string of the molecule is CN[C@@H]1CCN(C(=O)C2CCC2)C1. The van der Waals surface area contributed by atoms with Crippen LogP contribution in [0.15, 0.2) is 0 Å². The largest absolute Gasteiger partial charge is 0.341 e. The van der Waals surface area contributed by atoms with Gasteiger partial charge in [-0.1, -0.05) is 6.42 Å². The first-order chi connectivity index (χ1) is 6.31. The number of amides is 1. The molecule has 0 aromatic heterocycles. The van der Waals surface area contributed by atoms with E-state index >= 15 is 0 Å². The zero-order chi connectivity index (χ0) is 9.26. The number of carbonyl (C=O) groups excluding carboxylic acids is 1. The Kier molecular flexibility index (Phi) is 2.54. The van der Waals surface area contributed by atoms with Crippen molar-refractivity contribution < 1.29 is 4.79 Å². The van der Waals surface area contributed by atoms with E-state index in [1.807, 2.05) is 11.9 Å². The molecule has 13 heavy (non-hydrogen) atoms. The molecule has 3 heteroatoms. The lowest BCUT2D eigenvalue weighted by Crippen LogP contribution is -2.39. The van der Waals surface area contributed by atoms with Crippen molar-refractivity contribution in [1.29, 1.82) is 0 Å². The Labute approximate surface area is 79.5 Å². The van der Waals surface area contributed by atoms with Crippen molar-refractivity contribution in [3.8, 4) is 0 Å². The third-order valence-electron chi connectivity index (χ3n) is 3.36. The van der Waals surface area contributed by atoms with Gasteiger partial charge in [0.1, 0.15) is 0 Å². The maximum absolute atomic E-state index is 11.8. The number of likely N-dealkylation sites (tertiary alicyclic amines) is 1. The van der Waals surface area contributed by atoms with Crippen molar-refractivity contribution in [2.45, 2.75) is 31.7 Å². The quantitative estimate of drug-likeness (QED) is 0.678. The summed E-state index contributed by atoms with van der Waals surface area (Å²) in [4.78, 5) is 13.8. The number of nitrogens with zero attached hydrogens (tertiary/aromatic N) is 1. The molecule has 0 bridgehead atoms. The second-order valence-electron chi connectivity index (χ2n) is 4.19. The molecular formula is C10H18N2O. The third kappa shape index (κ3) is 1.70. The summed E-state index contributed by atoms with van der Waals surface area (Å²) >= 11 is 0. The molecule has 0 aromatic rings. The lowest BCUT2D eigenvalue weighted by atomic mass is 9.84. The van der Waals surface area contributed by atoms with Crippen LogP contribution in [0.5, 0.6) is 0 Å².